The molecule has 2 rings (SSSR count). The van der Waals surface area contributed by atoms with Gasteiger partial charge in [-0.1, -0.05) is 0 Å². The first-order chi connectivity index (χ1) is 10.3. The van der Waals surface area contributed by atoms with Crippen molar-refractivity contribution in [1.82, 2.24) is 14.7 Å². The molecule has 2 heterocycles. The van der Waals surface area contributed by atoms with Crippen LogP contribution in [0.1, 0.15) is 33.6 Å². The van der Waals surface area contributed by atoms with Gasteiger partial charge in [-0.15, -0.1) is 0 Å². The van der Waals surface area contributed by atoms with Gasteiger partial charge in [0.2, 0.25) is 0 Å². The highest BCUT2D eigenvalue weighted by atomic mass is 16.6. The molecule has 0 radical (unpaired) electrons. The molecule has 1 saturated heterocycles. The summed E-state index contributed by atoms with van der Waals surface area (Å²) in [5, 5.41) is 7.46. The zero-order valence-corrected chi connectivity index (χ0v) is 13.9. The first-order valence-electron chi connectivity index (χ1n) is 7.75. The Kier molecular flexibility index (Phi) is 4.83. The van der Waals surface area contributed by atoms with Crippen molar-refractivity contribution in [1.29, 1.82) is 0 Å². The van der Waals surface area contributed by atoms with Crippen LogP contribution in [0.2, 0.25) is 0 Å². The number of anilines is 2. The van der Waals surface area contributed by atoms with E-state index in [9.17, 15) is 4.79 Å². The van der Waals surface area contributed by atoms with Crippen molar-refractivity contribution in [3.63, 3.8) is 0 Å². The molecule has 124 valence electrons. The molecule has 22 heavy (non-hydrogen) atoms. The summed E-state index contributed by atoms with van der Waals surface area (Å²) >= 11 is 0. The van der Waals surface area contributed by atoms with Gasteiger partial charge in [0.05, 0.1) is 11.9 Å². The minimum Gasteiger partial charge on any atom is -0.444 e. The maximum Gasteiger partial charge on any atom is 0.410 e. The monoisotopic (exact) mass is 309 g/mol. The van der Waals surface area contributed by atoms with Gasteiger partial charge in [0, 0.05) is 26.7 Å². The van der Waals surface area contributed by atoms with Crippen LogP contribution in [-0.2, 0) is 11.8 Å². The standard InChI is InChI=1S/C15H27N5O2/c1-15(2,3)22-14(21)20-7-5-11(6-8-20)9-17-13-12(16)10-18-19(13)4/h10-11,17H,5-9,16H2,1-4H3. The smallest absolute Gasteiger partial charge is 0.410 e. The zero-order chi connectivity index (χ0) is 16.3. The fraction of sp³-hybridized carbons (Fsp3) is 0.733. The third-order valence-corrected chi connectivity index (χ3v) is 3.79. The number of carbonyl (C=O) groups excluding carboxylic acids is 1. The average molecular weight is 309 g/mol. The lowest BCUT2D eigenvalue weighted by Crippen LogP contribution is -2.42. The van der Waals surface area contributed by atoms with Gasteiger partial charge in [0.15, 0.2) is 0 Å². The highest BCUT2D eigenvalue weighted by Gasteiger charge is 2.26. The van der Waals surface area contributed by atoms with Crippen LogP contribution < -0.4 is 11.1 Å². The number of hydrogen-bond acceptors (Lipinski definition) is 5. The van der Waals surface area contributed by atoms with Gasteiger partial charge < -0.3 is 20.7 Å². The Morgan fingerprint density at radius 2 is 2.09 bits per heavy atom. The van der Waals surface area contributed by atoms with E-state index in [1.165, 1.54) is 0 Å². The average Bonchev–Trinajstić information content (AvgIpc) is 2.74. The van der Waals surface area contributed by atoms with Crippen LogP contribution in [0.25, 0.3) is 0 Å². The largest absolute Gasteiger partial charge is 0.444 e. The second-order valence-electron chi connectivity index (χ2n) is 6.86. The van der Waals surface area contributed by atoms with Crippen molar-refractivity contribution in [2.45, 2.75) is 39.2 Å². The first-order valence-corrected chi connectivity index (χ1v) is 7.75. The van der Waals surface area contributed by atoms with Crippen LogP contribution in [0, 0.1) is 5.92 Å². The van der Waals surface area contributed by atoms with E-state index < -0.39 is 5.60 Å². The Balaban J connectivity index is 1.77. The lowest BCUT2D eigenvalue weighted by Gasteiger charge is -2.33. The summed E-state index contributed by atoms with van der Waals surface area (Å²) in [6, 6.07) is 0. The van der Waals surface area contributed by atoms with Gasteiger partial charge in [-0.25, -0.2) is 4.79 Å². The summed E-state index contributed by atoms with van der Waals surface area (Å²) in [5.74, 6) is 1.38. The SMILES string of the molecule is Cn1ncc(N)c1NCC1CCN(C(=O)OC(C)(C)C)CC1. The molecule has 0 bridgehead atoms. The molecule has 1 aliphatic rings. The van der Waals surface area contributed by atoms with Crippen molar-refractivity contribution in [3.8, 4) is 0 Å². The highest BCUT2D eigenvalue weighted by Crippen LogP contribution is 2.22. The molecule has 1 aliphatic heterocycles. The van der Waals surface area contributed by atoms with Gasteiger partial charge in [0.1, 0.15) is 11.4 Å². The molecule has 0 spiro atoms. The molecule has 1 fully saturated rings. The number of hydrogen-bond donors (Lipinski definition) is 2. The molecule has 0 unspecified atom stereocenters. The van der Waals surface area contributed by atoms with E-state index in [4.69, 9.17) is 10.5 Å². The fourth-order valence-electron chi connectivity index (χ4n) is 2.56. The Hall–Kier alpha value is -1.92. The van der Waals surface area contributed by atoms with Crippen molar-refractivity contribution in [2.75, 3.05) is 30.7 Å². The molecule has 1 amide bonds. The molecular weight excluding hydrogens is 282 g/mol. The summed E-state index contributed by atoms with van der Waals surface area (Å²) < 4.78 is 7.15. The number of likely N-dealkylation sites (tertiary alicyclic amines) is 1. The van der Waals surface area contributed by atoms with Gasteiger partial charge in [-0.05, 0) is 39.5 Å². The molecule has 0 aromatic carbocycles. The Morgan fingerprint density at radius 3 is 2.59 bits per heavy atom. The summed E-state index contributed by atoms with van der Waals surface area (Å²) in [6.07, 6.45) is 3.36. The van der Waals surface area contributed by atoms with Crippen LogP contribution in [0.3, 0.4) is 0 Å². The Labute approximate surface area is 131 Å². The van der Waals surface area contributed by atoms with E-state index in [1.54, 1.807) is 15.8 Å². The fourth-order valence-corrected chi connectivity index (χ4v) is 2.56. The second kappa shape index (κ2) is 6.46. The number of aromatic nitrogens is 2. The normalized spacial score (nSPS) is 16.6. The summed E-state index contributed by atoms with van der Waals surface area (Å²) in [4.78, 5) is 13.8. The number of aryl methyl sites for hydroxylation is 1. The van der Waals surface area contributed by atoms with E-state index >= 15 is 0 Å². The lowest BCUT2D eigenvalue weighted by molar-refractivity contribution is 0.0188. The van der Waals surface area contributed by atoms with Crippen molar-refractivity contribution >= 4 is 17.6 Å². The van der Waals surface area contributed by atoms with E-state index in [0.717, 1.165) is 38.3 Å². The molecule has 1 aromatic rings. The van der Waals surface area contributed by atoms with Crippen LogP contribution in [0.5, 0.6) is 0 Å². The quantitative estimate of drug-likeness (QED) is 0.892. The molecule has 7 nitrogen and oxygen atoms in total. The topological polar surface area (TPSA) is 85.4 Å². The molecule has 1 aromatic heterocycles. The number of amides is 1. The van der Waals surface area contributed by atoms with Crippen LogP contribution in [-0.4, -0.2) is 46.0 Å². The van der Waals surface area contributed by atoms with E-state index in [1.807, 2.05) is 27.8 Å². The van der Waals surface area contributed by atoms with Crippen molar-refractivity contribution in [3.05, 3.63) is 6.20 Å². The number of nitrogens with two attached hydrogens (primary N) is 1. The second-order valence-corrected chi connectivity index (χ2v) is 6.86. The maximum atomic E-state index is 12.0. The van der Waals surface area contributed by atoms with Crippen LogP contribution in [0.4, 0.5) is 16.3 Å². The lowest BCUT2D eigenvalue weighted by atomic mass is 9.97. The van der Waals surface area contributed by atoms with E-state index in [0.29, 0.717) is 11.6 Å². The molecular formula is C15H27N5O2. The zero-order valence-electron chi connectivity index (χ0n) is 13.9. The third kappa shape index (κ3) is 4.29. The molecule has 7 heteroatoms. The number of piperidine rings is 1. The van der Waals surface area contributed by atoms with Gasteiger partial charge in [0.25, 0.3) is 0 Å². The molecule has 3 N–H and O–H groups in total. The first kappa shape index (κ1) is 16.5. The number of ether oxygens (including phenoxy) is 1. The van der Waals surface area contributed by atoms with Crippen molar-refractivity contribution in [2.24, 2.45) is 13.0 Å². The van der Waals surface area contributed by atoms with Crippen LogP contribution >= 0.6 is 0 Å². The Bertz CT molecular complexity index is 493. The third-order valence-electron chi connectivity index (χ3n) is 3.79. The summed E-state index contributed by atoms with van der Waals surface area (Å²) in [7, 11) is 1.86. The predicted octanol–water partition coefficient (Wildman–Crippen LogP) is 2.06. The minimum atomic E-state index is -0.438. The van der Waals surface area contributed by atoms with Gasteiger partial charge in [-0.2, -0.15) is 5.10 Å². The molecule has 0 aliphatic carbocycles. The van der Waals surface area contributed by atoms with Crippen molar-refractivity contribution < 1.29 is 9.53 Å². The molecule has 0 saturated carbocycles. The summed E-state index contributed by atoms with van der Waals surface area (Å²) in [5.41, 5.74) is 6.09. The van der Waals surface area contributed by atoms with E-state index in [-0.39, 0.29) is 6.09 Å². The number of nitrogens with one attached hydrogen (secondary N) is 1. The van der Waals surface area contributed by atoms with Gasteiger partial charge >= 0.3 is 6.09 Å². The minimum absolute atomic E-state index is 0.213. The number of nitrogens with zero attached hydrogens (tertiary/aromatic N) is 3. The summed E-state index contributed by atoms with van der Waals surface area (Å²) in [6.45, 7) is 7.98. The number of carbonyl (C=O) groups is 1. The Morgan fingerprint density at radius 1 is 1.45 bits per heavy atom. The highest BCUT2D eigenvalue weighted by molar-refractivity contribution is 5.68. The number of rotatable bonds is 3. The maximum absolute atomic E-state index is 12.0. The predicted molar refractivity (Wildman–Crippen MR) is 86.6 cm³/mol. The van der Waals surface area contributed by atoms with Gasteiger partial charge in [-0.3, -0.25) is 4.68 Å². The van der Waals surface area contributed by atoms with E-state index in [2.05, 4.69) is 10.4 Å². The van der Waals surface area contributed by atoms with Crippen LogP contribution in [0.15, 0.2) is 6.20 Å². The number of nitrogen functional groups attached to an aromatic ring is 1. The molecule has 0 atom stereocenters.